The largest absolute Gasteiger partial charge is 0.339 e. The first-order valence-electron chi connectivity index (χ1n) is 15.7. The summed E-state index contributed by atoms with van der Waals surface area (Å²) in [6.07, 6.45) is 5.94. The number of anilines is 1. The molecule has 1 aliphatic heterocycles. The van der Waals surface area contributed by atoms with Gasteiger partial charge in [-0.2, -0.15) is 4.31 Å². The van der Waals surface area contributed by atoms with Gasteiger partial charge >= 0.3 is 0 Å². The number of hydrogen-bond acceptors (Lipinski definition) is 6. The number of unbranched alkanes of at least 4 members (excludes halogenated alkanes) is 2. The van der Waals surface area contributed by atoms with Gasteiger partial charge in [0.15, 0.2) is 0 Å². The number of rotatable bonds is 16. The minimum absolute atomic E-state index is 0.0230. The second-order valence-corrected chi connectivity index (χ2v) is 14.4. The molecule has 8 nitrogen and oxygen atoms in total. The van der Waals surface area contributed by atoms with Crippen molar-refractivity contribution < 1.29 is 18.0 Å². The van der Waals surface area contributed by atoms with Crippen LogP contribution in [0.5, 0.6) is 0 Å². The van der Waals surface area contributed by atoms with Gasteiger partial charge in [-0.3, -0.25) is 14.5 Å². The van der Waals surface area contributed by atoms with E-state index in [9.17, 15) is 18.0 Å². The highest BCUT2D eigenvalue weighted by molar-refractivity contribution is 7.89. The van der Waals surface area contributed by atoms with Gasteiger partial charge in [0, 0.05) is 55.8 Å². The van der Waals surface area contributed by atoms with Gasteiger partial charge < -0.3 is 10.2 Å². The van der Waals surface area contributed by atoms with Crippen LogP contribution in [0.25, 0.3) is 0 Å². The van der Waals surface area contributed by atoms with Crippen molar-refractivity contribution in [3.63, 3.8) is 0 Å². The Balaban J connectivity index is 1.90. The van der Waals surface area contributed by atoms with Crippen LogP contribution in [-0.4, -0.2) is 73.1 Å². The van der Waals surface area contributed by atoms with Crippen LogP contribution in [0.4, 0.5) is 5.00 Å². The molecule has 0 saturated heterocycles. The van der Waals surface area contributed by atoms with Crippen LogP contribution in [-0.2, 0) is 23.0 Å². The van der Waals surface area contributed by atoms with Gasteiger partial charge in [0.2, 0.25) is 10.0 Å². The first-order chi connectivity index (χ1) is 20.1. The molecule has 0 spiro atoms. The number of carbonyl (C=O) groups excluding carboxylic acids is 2. The number of hydrogen-bond donors (Lipinski definition) is 1. The minimum Gasteiger partial charge on any atom is -0.339 e. The minimum atomic E-state index is -3.65. The van der Waals surface area contributed by atoms with Crippen molar-refractivity contribution in [1.29, 1.82) is 0 Å². The van der Waals surface area contributed by atoms with Gasteiger partial charge in [0.25, 0.3) is 11.8 Å². The van der Waals surface area contributed by atoms with Crippen LogP contribution >= 0.6 is 11.3 Å². The number of benzene rings is 1. The van der Waals surface area contributed by atoms with Crippen molar-refractivity contribution in [3.05, 3.63) is 45.8 Å². The lowest BCUT2D eigenvalue weighted by Gasteiger charge is -2.31. The van der Waals surface area contributed by atoms with Gasteiger partial charge in [-0.15, -0.1) is 11.3 Å². The van der Waals surface area contributed by atoms with E-state index < -0.39 is 10.0 Å². The highest BCUT2D eigenvalue weighted by Gasteiger charge is 2.32. The molecule has 0 unspecified atom stereocenters. The molecule has 2 heterocycles. The number of nitrogens with zero attached hydrogens (tertiary/aromatic N) is 3. The second kappa shape index (κ2) is 16.0. The Bertz CT molecular complexity index is 1270. The van der Waals surface area contributed by atoms with Gasteiger partial charge in [-0.1, -0.05) is 40.5 Å². The third-order valence-corrected chi connectivity index (χ3v) is 10.9. The van der Waals surface area contributed by atoms with Crippen LogP contribution in [0.3, 0.4) is 0 Å². The van der Waals surface area contributed by atoms with Crippen molar-refractivity contribution in [2.45, 2.75) is 104 Å². The van der Waals surface area contributed by atoms with E-state index in [1.54, 1.807) is 16.4 Å². The van der Waals surface area contributed by atoms with E-state index in [1.165, 1.54) is 23.5 Å². The lowest BCUT2D eigenvalue weighted by molar-refractivity contribution is 0.0755. The van der Waals surface area contributed by atoms with Crippen LogP contribution < -0.4 is 5.32 Å². The molecule has 2 aromatic rings. The number of carbonyl (C=O) groups is 2. The van der Waals surface area contributed by atoms with E-state index in [-0.39, 0.29) is 16.7 Å². The van der Waals surface area contributed by atoms with Gasteiger partial charge in [0.05, 0.1) is 10.5 Å². The maximum Gasteiger partial charge on any atom is 0.257 e. The summed E-state index contributed by atoms with van der Waals surface area (Å²) >= 11 is 1.49. The number of nitrogens with one attached hydrogen (secondary N) is 1. The molecule has 0 bridgehead atoms. The molecule has 1 aromatic carbocycles. The molecule has 234 valence electrons. The molecular formula is C32H50N4O4S2. The van der Waals surface area contributed by atoms with E-state index in [4.69, 9.17) is 0 Å². The summed E-state index contributed by atoms with van der Waals surface area (Å²) in [5.74, 6) is -0.371. The molecule has 1 N–H and O–H groups in total. The van der Waals surface area contributed by atoms with Crippen molar-refractivity contribution in [3.8, 4) is 0 Å². The Labute approximate surface area is 257 Å². The zero-order valence-corrected chi connectivity index (χ0v) is 28.0. The van der Waals surface area contributed by atoms with Crippen LogP contribution in [0.2, 0.25) is 0 Å². The topological polar surface area (TPSA) is 90.0 Å². The lowest BCUT2D eigenvalue weighted by atomic mass is 10.0. The van der Waals surface area contributed by atoms with E-state index in [2.05, 4.69) is 37.9 Å². The molecule has 2 amide bonds. The summed E-state index contributed by atoms with van der Waals surface area (Å²) in [4.78, 5) is 33.0. The van der Waals surface area contributed by atoms with E-state index in [0.29, 0.717) is 48.3 Å². The molecule has 0 saturated carbocycles. The first kappa shape index (κ1) is 34.2. The van der Waals surface area contributed by atoms with Crippen molar-refractivity contribution in [2.24, 2.45) is 0 Å². The summed E-state index contributed by atoms with van der Waals surface area (Å²) in [6.45, 7) is 16.5. The quantitative estimate of drug-likeness (QED) is 0.228. The summed E-state index contributed by atoms with van der Waals surface area (Å²) in [5, 5.41) is 3.62. The summed E-state index contributed by atoms with van der Waals surface area (Å²) in [7, 11) is -3.65. The molecule has 3 rings (SSSR count). The number of amides is 2. The van der Waals surface area contributed by atoms with Gasteiger partial charge in [-0.25, -0.2) is 8.42 Å². The second-order valence-electron chi connectivity index (χ2n) is 11.4. The standard InChI is InChI=1S/C32H50N4O4S2/c1-7-11-20-36(21-12-8-2)42(39,40)26-15-13-25(14-16-26)30(37)33-31-29(32(38)34(18-9-3)19-10-4)27-17-22-35(24(5)6)23-28(27)41-31/h13-16,24H,7-12,17-23H2,1-6H3,(H,33,37). The smallest absolute Gasteiger partial charge is 0.257 e. The summed E-state index contributed by atoms with van der Waals surface area (Å²) < 4.78 is 28.3. The highest BCUT2D eigenvalue weighted by Crippen LogP contribution is 2.39. The molecule has 1 aliphatic rings. The van der Waals surface area contributed by atoms with Crippen molar-refractivity contribution in [2.75, 3.05) is 38.0 Å². The van der Waals surface area contributed by atoms with Crippen LogP contribution in [0.1, 0.15) is 111 Å². The molecule has 1 aromatic heterocycles. The SMILES string of the molecule is CCCCN(CCCC)S(=O)(=O)c1ccc(C(=O)Nc2sc3c(c2C(=O)N(CCC)CCC)CCN(C(C)C)C3)cc1. The summed E-state index contributed by atoms with van der Waals surface area (Å²) in [5.41, 5.74) is 2.03. The molecule has 0 atom stereocenters. The van der Waals surface area contributed by atoms with Crippen molar-refractivity contribution >= 4 is 38.2 Å². The maximum atomic E-state index is 13.9. The van der Waals surface area contributed by atoms with E-state index in [0.717, 1.165) is 68.5 Å². The highest BCUT2D eigenvalue weighted by atomic mass is 32.2. The monoisotopic (exact) mass is 618 g/mol. The predicted octanol–water partition coefficient (Wildman–Crippen LogP) is 6.62. The average molecular weight is 619 g/mol. The van der Waals surface area contributed by atoms with Gasteiger partial charge in [-0.05, 0) is 75.8 Å². The zero-order valence-electron chi connectivity index (χ0n) is 26.4. The third kappa shape index (κ3) is 8.21. The van der Waals surface area contributed by atoms with Crippen molar-refractivity contribution in [1.82, 2.24) is 14.1 Å². The molecule has 10 heteroatoms. The lowest BCUT2D eigenvalue weighted by Crippen LogP contribution is -2.37. The first-order valence-corrected chi connectivity index (χ1v) is 17.9. The van der Waals surface area contributed by atoms with Crippen LogP contribution in [0.15, 0.2) is 29.2 Å². The Morgan fingerprint density at radius 3 is 2.05 bits per heavy atom. The van der Waals surface area contributed by atoms with Gasteiger partial charge in [0.1, 0.15) is 5.00 Å². The molecular weight excluding hydrogens is 569 g/mol. The Kier molecular flexibility index (Phi) is 13.0. The molecule has 0 aliphatic carbocycles. The average Bonchev–Trinajstić information content (AvgIpc) is 3.33. The Hall–Kier alpha value is -2.27. The number of fused-ring (bicyclic) bond motifs is 1. The summed E-state index contributed by atoms with van der Waals surface area (Å²) in [6, 6.07) is 6.56. The molecule has 0 fully saturated rings. The Morgan fingerprint density at radius 2 is 1.52 bits per heavy atom. The molecule has 42 heavy (non-hydrogen) atoms. The molecule has 0 radical (unpaired) electrons. The number of thiophene rings is 1. The Morgan fingerprint density at radius 1 is 0.929 bits per heavy atom. The third-order valence-electron chi connectivity index (χ3n) is 7.81. The fourth-order valence-electron chi connectivity index (χ4n) is 5.31. The van der Waals surface area contributed by atoms with E-state index in [1.807, 2.05) is 18.7 Å². The normalized spacial score (nSPS) is 13.9. The fourth-order valence-corrected chi connectivity index (χ4v) is 8.09. The zero-order chi connectivity index (χ0) is 30.9. The fraction of sp³-hybridized carbons (Fsp3) is 0.625. The van der Waals surface area contributed by atoms with Crippen LogP contribution in [0, 0.1) is 0 Å². The predicted molar refractivity (Wildman–Crippen MR) is 173 cm³/mol. The van der Waals surface area contributed by atoms with E-state index >= 15 is 0 Å². The maximum absolute atomic E-state index is 13.9. The number of sulfonamides is 1.